The van der Waals surface area contributed by atoms with Gasteiger partial charge in [-0.25, -0.2) is 0 Å². The number of hydrogen-bond donors (Lipinski definition) is 1. The molecule has 1 N–H and O–H groups in total. The Kier molecular flexibility index (Phi) is 6.25. The molecule has 0 radical (unpaired) electrons. The average molecular weight is 235 g/mol. The number of pyridine rings is 1. The van der Waals surface area contributed by atoms with Crippen LogP contribution in [-0.2, 0) is 11.2 Å². The normalized spacial score (nSPS) is 10.2. The molecule has 0 aromatic carbocycles. The van der Waals surface area contributed by atoms with E-state index in [9.17, 15) is 4.79 Å². The molecule has 94 valence electrons. The highest BCUT2D eigenvalue weighted by Gasteiger charge is 2.07. The van der Waals surface area contributed by atoms with E-state index < -0.39 is 0 Å². The van der Waals surface area contributed by atoms with Crippen LogP contribution in [0.15, 0.2) is 24.4 Å². The highest BCUT2D eigenvalue weighted by atomic mass is 16.2. The number of hydrogen-bond acceptors (Lipinski definition) is 3. The number of carbonyl (C=O) groups excluding carboxylic acids is 1. The van der Waals surface area contributed by atoms with E-state index in [2.05, 4.69) is 10.3 Å². The summed E-state index contributed by atoms with van der Waals surface area (Å²) in [6.07, 6.45) is 4.10. The van der Waals surface area contributed by atoms with Crippen LogP contribution < -0.4 is 5.32 Å². The van der Waals surface area contributed by atoms with Gasteiger partial charge in [-0.3, -0.25) is 9.78 Å². The maximum atomic E-state index is 11.7. The molecule has 0 unspecified atom stereocenters. The Bertz CT molecular complexity index is 327. The van der Waals surface area contributed by atoms with Crippen LogP contribution in [0, 0.1) is 0 Å². The number of likely N-dealkylation sites (N-methyl/N-ethyl adjacent to an activating group) is 1. The fourth-order valence-electron chi connectivity index (χ4n) is 1.56. The van der Waals surface area contributed by atoms with E-state index in [1.807, 2.05) is 32.3 Å². The molecule has 4 nitrogen and oxygen atoms in total. The van der Waals surface area contributed by atoms with Crippen molar-refractivity contribution in [2.45, 2.75) is 19.3 Å². The largest absolute Gasteiger partial charge is 0.345 e. The minimum atomic E-state index is 0.205. The van der Waals surface area contributed by atoms with Crippen molar-refractivity contribution in [1.82, 2.24) is 15.2 Å². The molecule has 0 aliphatic rings. The molecule has 0 spiro atoms. The Labute approximate surface area is 103 Å². The van der Waals surface area contributed by atoms with E-state index in [4.69, 9.17) is 0 Å². The van der Waals surface area contributed by atoms with Crippen LogP contribution >= 0.6 is 0 Å². The number of amides is 1. The highest BCUT2D eigenvalue weighted by Crippen LogP contribution is 1.99. The van der Waals surface area contributed by atoms with Crippen LogP contribution in [0.2, 0.25) is 0 Å². The smallest absolute Gasteiger partial charge is 0.222 e. The number of nitrogens with one attached hydrogen (secondary N) is 1. The standard InChI is InChI=1S/C13H21N3O/c1-14-9-5-7-13(17)16(2)11-8-12-6-3-4-10-15-12/h3-4,6,10,14H,5,7-9,11H2,1-2H3. The maximum Gasteiger partial charge on any atom is 0.222 e. The summed E-state index contributed by atoms with van der Waals surface area (Å²) in [5.74, 6) is 0.205. The van der Waals surface area contributed by atoms with E-state index in [0.717, 1.165) is 31.6 Å². The van der Waals surface area contributed by atoms with Gasteiger partial charge in [0.05, 0.1) is 0 Å². The van der Waals surface area contributed by atoms with E-state index >= 15 is 0 Å². The Hall–Kier alpha value is -1.42. The number of rotatable bonds is 7. The monoisotopic (exact) mass is 235 g/mol. The molecule has 0 atom stereocenters. The lowest BCUT2D eigenvalue weighted by Gasteiger charge is -2.16. The minimum Gasteiger partial charge on any atom is -0.345 e. The Morgan fingerprint density at radius 1 is 1.47 bits per heavy atom. The summed E-state index contributed by atoms with van der Waals surface area (Å²) >= 11 is 0. The van der Waals surface area contributed by atoms with Crippen LogP contribution in [0.4, 0.5) is 0 Å². The second kappa shape index (κ2) is 7.79. The fourth-order valence-corrected chi connectivity index (χ4v) is 1.56. The molecule has 0 saturated heterocycles. The first kappa shape index (κ1) is 13.6. The fraction of sp³-hybridized carbons (Fsp3) is 0.538. The van der Waals surface area contributed by atoms with Crippen LogP contribution in [0.1, 0.15) is 18.5 Å². The molecule has 0 fully saturated rings. The van der Waals surface area contributed by atoms with Crippen LogP contribution in [0.3, 0.4) is 0 Å². The van der Waals surface area contributed by atoms with Gasteiger partial charge in [-0.05, 0) is 32.1 Å². The Morgan fingerprint density at radius 2 is 2.29 bits per heavy atom. The summed E-state index contributed by atoms with van der Waals surface area (Å²) < 4.78 is 0. The van der Waals surface area contributed by atoms with Crippen molar-refractivity contribution in [2.24, 2.45) is 0 Å². The third kappa shape index (κ3) is 5.45. The summed E-state index contributed by atoms with van der Waals surface area (Å²) in [5, 5.41) is 3.04. The molecule has 17 heavy (non-hydrogen) atoms. The van der Waals surface area contributed by atoms with E-state index in [1.165, 1.54) is 0 Å². The van der Waals surface area contributed by atoms with Crippen molar-refractivity contribution in [3.8, 4) is 0 Å². The highest BCUT2D eigenvalue weighted by molar-refractivity contribution is 5.75. The quantitative estimate of drug-likeness (QED) is 0.719. The SMILES string of the molecule is CNCCCC(=O)N(C)CCc1ccccn1. The predicted molar refractivity (Wildman–Crippen MR) is 68.7 cm³/mol. The van der Waals surface area contributed by atoms with Crippen molar-refractivity contribution in [3.63, 3.8) is 0 Å². The van der Waals surface area contributed by atoms with Gasteiger partial charge in [0.2, 0.25) is 5.91 Å². The average Bonchev–Trinajstić information content (AvgIpc) is 2.37. The predicted octanol–water partition coefficient (Wildman–Crippen LogP) is 1.08. The summed E-state index contributed by atoms with van der Waals surface area (Å²) in [6.45, 7) is 1.62. The zero-order chi connectivity index (χ0) is 12.5. The van der Waals surface area contributed by atoms with Crippen LogP contribution in [-0.4, -0.2) is 43.0 Å². The molecule has 1 heterocycles. The van der Waals surface area contributed by atoms with Gasteiger partial charge < -0.3 is 10.2 Å². The van der Waals surface area contributed by atoms with Gasteiger partial charge in [0.15, 0.2) is 0 Å². The molecule has 0 aliphatic carbocycles. The van der Waals surface area contributed by atoms with Gasteiger partial charge in [-0.2, -0.15) is 0 Å². The molecule has 0 saturated carbocycles. The van der Waals surface area contributed by atoms with Crippen LogP contribution in [0.5, 0.6) is 0 Å². The zero-order valence-corrected chi connectivity index (χ0v) is 10.6. The van der Waals surface area contributed by atoms with Gasteiger partial charge in [0, 0.05) is 38.3 Å². The van der Waals surface area contributed by atoms with Gasteiger partial charge >= 0.3 is 0 Å². The van der Waals surface area contributed by atoms with Gasteiger partial charge in [-0.15, -0.1) is 0 Å². The van der Waals surface area contributed by atoms with Crippen molar-refractivity contribution in [3.05, 3.63) is 30.1 Å². The van der Waals surface area contributed by atoms with Crippen molar-refractivity contribution in [1.29, 1.82) is 0 Å². The molecular formula is C13H21N3O. The molecule has 0 aliphatic heterocycles. The van der Waals surface area contributed by atoms with Gasteiger partial charge in [0.1, 0.15) is 0 Å². The Morgan fingerprint density at radius 3 is 2.94 bits per heavy atom. The Balaban J connectivity index is 2.24. The molecule has 0 bridgehead atoms. The molecular weight excluding hydrogens is 214 g/mol. The lowest BCUT2D eigenvalue weighted by molar-refractivity contribution is -0.129. The zero-order valence-electron chi connectivity index (χ0n) is 10.6. The third-order valence-electron chi connectivity index (χ3n) is 2.67. The lowest BCUT2D eigenvalue weighted by atomic mass is 10.2. The lowest BCUT2D eigenvalue weighted by Crippen LogP contribution is -2.29. The van der Waals surface area contributed by atoms with Gasteiger partial charge in [0.25, 0.3) is 0 Å². The molecule has 1 aromatic rings. The van der Waals surface area contributed by atoms with Crippen molar-refractivity contribution >= 4 is 5.91 Å². The van der Waals surface area contributed by atoms with E-state index in [0.29, 0.717) is 6.42 Å². The van der Waals surface area contributed by atoms with E-state index in [-0.39, 0.29) is 5.91 Å². The van der Waals surface area contributed by atoms with Gasteiger partial charge in [-0.1, -0.05) is 6.07 Å². The summed E-state index contributed by atoms with van der Waals surface area (Å²) in [5.41, 5.74) is 1.03. The first-order chi connectivity index (χ1) is 8.24. The van der Waals surface area contributed by atoms with Crippen molar-refractivity contribution < 1.29 is 4.79 Å². The minimum absolute atomic E-state index is 0.205. The molecule has 1 aromatic heterocycles. The molecule has 1 amide bonds. The number of aromatic nitrogens is 1. The number of carbonyl (C=O) groups is 1. The van der Waals surface area contributed by atoms with E-state index in [1.54, 1.807) is 11.1 Å². The first-order valence-electron chi connectivity index (χ1n) is 6.02. The summed E-state index contributed by atoms with van der Waals surface area (Å²) in [6, 6.07) is 5.85. The number of nitrogens with zero attached hydrogens (tertiary/aromatic N) is 2. The van der Waals surface area contributed by atoms with Crippen molar-refractivity contribution in [2.75, 3.05) is 27.2 Å². The second-order valence-corrected chi connectivity index (χ2v) is 4.09. The summed E-state index contributed by atoms with van der Waals surface area (Å²) in [7, 11) is 3.75. The first-order valence-corrected chi connectivity index (χ1v) is 6.02. The maximum absolute atomic E-state index is 11.7. The van der Waals surface area contributed by atoms with Crippen LogP contribution in [0.25, 0.3) is 0 Å². The molecule has 1 rings (SSSR count). The summed E-state index contributed by atoms with van der Waals surface area (Å²) in [4.78, 5) is 17.7. The molecule has 4 heteroatoms. The topological polar surface area (TPSA) is 45.2 Å². The third-order valence-corrected chi connectivity index (χ3v) is 2.67. The second-order valence-electron chi connectivity index (χ2n) is 4.09.